The van der Waals surface area contributed by atoms with Crippen molar-refractivity contribution >= 4 is 17.3 Å². The quantitative estimate of drug-likeness (QED) is 0.817. The highest BCUT2D eigenvalue weighted by molar-refractivity contribution is 6.06. The number of halogens is 2. The number of benzene rings is 2. The van der Waals surface area contributed by atoms with Gasteiger partial charge in [-0.05, 0) is 24.3 Å². The van der Waals surface area contributed by atoms with Gasteiger partial charge >= 0.3 is 0 Å². The molecule has 1 aliphatic rings. The Labute approximate surface area is 159 Å². The van der Waals surface area contributed by atoms with Crippen LogP contribution in [0.4, 0.5) is 14.5 Å². The van der Waals surface area contributed by atoms with Gasteiger partial charge in [-0.2, -0.15) is 0 Å². The lowest BCUT2D eigenvalue weighted by atomic mass is 10.0. The van der Waals surface area contributed by atoms with Crippen molar-refractivity contribution in [2.75, 3.05) is 26.6 Å². The van der Waals surface area contributed by atoms with E-state index >= 15 is 0 Å². The molecule has 1 heterocycles. The molecule has 9 heteroatoms. The standard InChI is InChI=1S/C19H18F2N2O5/c1-25-15-6-10(7-16(26-2)18(15)27-3)14-9-17(28-23-14)19(24)22-13-5-4-11(20)8-12(13)21/h4-8,17H,9H2,1-3H3,(H,22,24)/t17-/m1/s1. The molecular weight excluding hydrogens is 374 g/mol. The molecule has 7 nitrogen and oxygen atoms in total. The number of methoxy groups -OCH3 is 3. The Hall–Kier alpha value is -3.36. The molecule has 1 amide bonds. The van der Waals surface area contributed by atoms with Gasteiger partial charge in [0.15, 0.2) is 11.5 Å². The molecule has 2 aromatic rings. The van der Waals surface area contributed by atoms with E-state index in [1.807, 2.05) is 0 Å². The van der Waals surface area contributed by atoms with Crippen molar-refractivity contribution < 1.29 is 32.6 Å². The van der Waals surface area contributed by atoms with Gasteiger partial charge in [-0.25, -0.2) is 8.78 Å². The molecule has 0 aromatic heterocycles. The summed E-state index contributed by atoms with van der Waals surface area (Å²) < 4.78 is 42.6. The molecule has 0 saturated carbocycles. The molecule has 1 N–H and O–H groups in total. The first-order chi connectivity index (χ1) is 13.5. The van der Waals surface area contributed by atoms with E-state index < -0.39 is 23.6 Å². The van der Waals surface area contributed by atoms with Crippen LogP contribution in [0.15, 0.2) is 35.5 Å². The first kappa shape index (κ1) is 19.4. The maximum absolute atomic E-state index is 13.7. The van der Waals surface area contributed by atoms with E-state index in [1.165, 1.54) is 21.3 Å². The summed E-state index contributed by atoms with van der Waals surface area (Å²) in [6.45, 7) is 0. The molecule has 0 unspecified atom stereocenters. The number of oxime groups is 1. The summed E-state index contributed by atoms with van der Waals surface area (Å²) in [6.07, 6.45) is -0.814. The Morgan fingerprint density at radius 1 is 1.11 bits per heavy atom. The molecule has 1 aliphatic heterocycles. The molecule has 0 spiro atoms. The lowest BCUT2D eigenvalue weighted by Gasteiger charge is -2.14. The van der Waals surface area contributed by atoms with Crippen molar-refractivity contribution in [2.24, 2.45) is 5.16 Å². The number of anilines is 1. The van der Waals surface area contributed by atoms with Crippen LogP contribution >= 0.6 is 0 Å². The van der Waals surface area contributed by atoms with Crippen molar-refractivity contribution in [3.05, 3.63) is 47.5 Å². The van der Waals surface area contributed by atoms with Crippen molar-refractivity contribution in [2.45, 2.75) is 12.5 Å². The summed E-state index contributed by atoms with van der Waals surface area (Å²) in [5.74, 6) is -0.925. The number of nitrogens with one attached hydrogen (secondary N) is 1. The largest absolute Gasteiger partial charge is 0.493 e. The highest BCUT2D eigenvalue weighted by atomic mass is 19.1. The summed E-state index contributed by atoms with van der Waals surface area (Å²) in [5.41, 5.74) is 0.966. The van der Waals surface area contributed by atoms with Gasteiger partial charge < -0.3 is 24.4 Å². The van der Waals surface area contributed by atoms with E-state index in [9.17, 15) is 13.6 Å². The Kier molecular flexibility index (Phi) is 5.62. The molecule has 0 fully saturated rings. The van der Waals surface area contributed by atoms with Crippen LogP contribution in [0.3, 0.4) is 0 Å². The van der Waals surface area contributed by atoms with Crippen molar-refractivity contribution in [3.63, 3.8) is 0 Å². The van der Waals surface area contributed by atoms with Crippen LogP contribution in [0.25, 0.3) is 0 Å². The van der Waals surface area contributed by atoms with E-state index in [4.69, 9.17) is 19.0 Å². The first-order valence-electron chi connectivity index (χ1n) is 8.25. The number of carbonyl (C=O) groups excluding carboxylic acids is 1. The number of carbonyl (C=O) groups is 1. The highest BCUT2D eigenvalue weighted by Crippen LogP contribution is 2.39. The van der Waals surface area contributed by atoms with Crippen LogP contribution in [0.2, 0.25) is 0 Å². The molecule has 28 heavy (non-hydrogen) atoms. The second kappa shape index (κ2) is 8.12. The SMILES string of the molecule is COc1cc(C2=NO[C@@H](C(=O)Nc3ccc(F)cc3F)C2)cc(OC)c1OC. The molecule has 0 radical (unpaired) electrons. The van der Waals surface area contributed by atoms with E-state index in [1.54, 1.807) is 12.1 Å². The number of nitrogens with zero attached hydrogens (tertiary/aromatic N) is 1. The Balaban J connectivity index is 1.75. The van der Waals surface area contributed by atoms with Crippen molar-refractivity contribution in [3.8, 4) is 17.2 Å². The normalized spacial score (nSPS) is 15.5. The lowest BCUT2D eigenvalue weighted by molar-refractivity contribution is -0.125. The molecule has 1 atom stereocenters. The molecule has 0 bridgehead atoms. The second-order valence-electron chi connectivity index (χ2n) is 5.86. The summed E-state index contributed by atoms with van der Waals surface area (Å²) in [7, 11) is 4.47. The topological polar surface area (TPSA) is 78.4 Å². The number of ether oxygens (including phenoxy) is 3. The zero-order valence-electron chi connectivity index (χ0n) is 15.4. The van der Waals surface area contributed by atoms with Crippen LogP contribution in [-0.4, -0.2) is 39.1 Å². The van der Waals surface area contributed by atoms with Crippen LogP contribution < -0.4 is 19.5 Å². The fourth-order valence-electron chi connectivity index (χ4n) is 2.74. The van der Waals surface area contributed by atoms with Crippen LogP contribution in [0.1, 0.15) is 12.0 Å². The average Bonchev–Trinajstić information content (AvgIpc) is 3.19. The minimum atomic E-state index is -0.960. The highest BCUT2D eigenvalue weighted by Gasteiger charge is 2.30. The maximum atomic E-state index is 13.7. The first-order valence-corrected chi connectivity index (χ1v) is 8.25. The molecule has 148 valence electrons. The predicted molar refractivity (Wildman–Crippen MR) is 97.1 cm³/mol. The minimum absolute atomic E-state index is 0.142. The lowest BCUT2D eigenvalue weighted by Crippen LogP contribution is -2.28. The van der Waals surface area contributed by atoms with Crippen LogP contribution in [0.5, 0.6) is 17.2 Å². The summed E-state index contributed by atoms with van der Waals surface area (Å²) >= 11 is 0. The Morgan fingerprint density at radius 3 is 2.36 bits per heavy atom. The van der Waals surface area contributed by atoms with Crippen LogP contribution in [0, 0.1) is 11.6 Å². The summed E-state index contributed by atoms with van der Waals surface area (Å²) in [4.78, 5) is 17.5. The van der Waals surface area contributed by atoms with Gasteiger partial charge in [0.1, 0.15) is 11.6 Å². The third kappa shape index (κ3) is 3.83. The van der Waals surface area contributed by atoms with Gasteiger partial charge in [0, 0.05) is 18.1 Å². The third-order valence-corrected chi connectivity index (χ3v) is 4.15. The van der Waals surface area contributed by atoms with Crippen molar-refractivity contribution in [1.29, 1.82) is 0 Å². The molecule has 3 rings (SSSR count). The summed E-state index contributed by atoms with van der Waals surface area (Å²) in [6, 6.07) is 6.24. The molecule has 0 aliphatic carbocycles. The predicted octanol–water partition coefficient (Wildman–Crippen LogP) is 3.12. The van der Waals surface area contributed by atoms with Gasteiger partial charge in [-0.15, -0.1) is 0 Å². The smallest absolute Gasteiger partial charge is 0.268 e. The molecule has 2 aromatic carbocycles. The molecule has 0 saturated heterocycles. The van der Waals surface area contributed by atoms with E-state index in [2.05, 4.69) is 10.5 Å². The van der Waals surface area contributed by atoms with Crippen LogP contribution in [-0.2, 0) is 9.63 Å². The number of hydrogen-bond acceptors (Lipinski definition) is 6. The van der Waals surface area contributed by atoms with Gasteiger partial charge in [0.2, 0.25) is 11.9 Å². The monoisotopic (exact) mass is 392 g/mol. The van der Waals surface area contributed by atoms with Gasteiger partial charge in [-0.3, -0.25) is 4.79 Å². The Morgan fingerprint density at radius 2 is 1.79 bits per heavy atom. The zero-order valence-corrected chi connectivity index (χ0v) is 15.4. The average molecular weight is 392 g/mol. The van der Waals surface area contributed by atoms with Crippen molar-refractivity contribution in [1.82, 2.24) is 0 Å². The van der Waals surface area contributed by atoms with Gasteiger partial charge in [-0.1, -0.05) is 5.16 Å². The minimum Gasteiger partial charge on any atom is -0.493 e. The zero-order chi connectivity index (χ0) is 20.3. The fraction of sp³-hybridized carbons (Fsp3) is 0.263. The maximum Gasteiger partial charge on any atom is 0.268 e. The van der Waals surface area contributed by atoms with Gasteiger partial charge in [0.25, 0.3) is 5.91 Å². The fourth-order valence-corrected chi connectivity index (χ4v) is 2.74. The number of rotatable bonds is 6. The number of hydrogen-bond donors (Lipinski definition) is 1. The number of amides is 1. The van der Waals surface area contributed by atoms with Gasteiger partial charge in [0.05, 0.1) is 32.7 Å². The van der Waals surface area contributed by atoms with E-state index in [0.29, 0.717) is 34.6 Å². The second-order valence-corrected chi connectivity index (χ2v) is 5.86. The van der Waals surface area contributed by atoms with E-state index in [-0.39, 0.29) is 12.1 Å². The van der Waals surface area contributed by atoms with E-state index in [0.717, 1.165) is 12.1 Å². The third-order valence-electron chi connectivity index (χ3n) is 4.15. The molecular formula is C19H18F2N2O5. The summed E-state index contributed by atoms with van der Waals surface area (Å²) in [5, 5.41) is 6.31. The Bertz CT molecular complexity index is 908.